The maximum absolute atomic E-state index is 12.3. The standard InChI is InChI=1S/C15H17NOS/c17-15(16-12-7-2-1-3-8-12)14-13-9-5-4-6-11(13)10-18-14/h4-6,9-10,12H,1-3,7-8H2,(H,16,17). The molecule has 2 aromatic rings. The van der Waals surface area contributed by atoms with E-state index in [9.17, 15) is 4.79 Å². The molecule has 0 bridgehead atoms. The number of nitrogens with one attached hydrogen (secondary N) is 1. The summed E-state index contributed by atoms with van der Waals surface area (Å²) in [4.78, 5) is 13.1. The number of hydrogen-bond donors (Lipinski definition) is 1. The normalized spacial score (nSPS) is 16.9. The molecule has 3 rings (SSSR count). The van der Waals surface area contributed by atoms with Crippen LogP contribution >= 0.6 is 11.3 Å². The van der Waals surface area contributed by atoms with Crippen LogP contribution < -0.4 is 5.32 Å². The van der Waals surface area contributed by atoms with Gasteiger partial charge in [-0.05, 0) is 23.6 Å². The van der Waals surface area contributed by atoms with Crippen molar-refractivity contribution in [2.75, 3.05) is 0 Å². The van der Waals surface area contributed by atoms with Crippen LogP contribution in [0.5, 0.6) is 0 Å². The molecule has 1 aromatic carbocycles. The van der Waals surface area contributed by atoms with Crippen molar-refractivity contribution in [2.24, 2.45) is 0 Å². The average Bonchev–Trinajstić information content (AvgIpc) is 2.84. The summed E-state index contributed by atoms with van der Waals surface area (Å²) in [6.07, 6.45) is 6.07. The van der Waals surface area contributed by atoms with Crippen LogP contribution in [0.15, 0.2) is 29.6 Å². The Morgan fingerprint density at radius 1 is 1.17 bits per heavy atom. The van der Waals surface area contributed by atoms with E-state index in [-0.39, 0.29) is 5.91 Å². The SMILES string of the molecule is O=C(NC1CCCCC1)c1scc2ccccc12. The summed E-state index contributed by atoms with van der Waals surface area (Å²) in [5.41, 5.74) is 0. The number of carbonyl (C=O) groups excluding carboxylic acids is 1. The van der Waals surface area contributed by atoms with Gasteiger partial charge in [0.15, 0.2) is 0 Å². The largest absolute Gasteiger partial charge is 0.349 e. The van der Waals surface area contributed by atoms with Crippen LogP contribution in [0.1, 0.15) is 41.8 Å². The highest BCUT2D eigenvalue weighted by molar-refractivity contribution is 7.13. The molecule has 18 heavy (non-hydrogen) atoms. The van der Waals surface area contributed by atoms with Crippen molar-refractivity contribution in [3.05, 3.63) is 34.5 Å². The Balaban J connectivity index is 1.79. The quantitative estimate of drug-likeness (QED) is 0.869. The third kappa shape index (κ3) is 2.27. The molecule has 0 aliphatic heterocycles. The molecule has 2 nitrogen and oxygen atoms in total. The van der Waals surface area contributed by atoms with E-state index in [4.69, 9.17) is 0 Å². The first kappa shape index (κ1) is 11.7. The Morgan fingerprint density at radius 2 is 1.94 bits per heavy atom. The van der Waals surface area contributed by atoms with Crippen LogP contribution in [0.2, 0.25) is 0 Å². The van der Waals surface area contributed by atoms with Gasteiger partial charge in [0.2, 0.25) is 0 Å². The summed E-state index contributed by atoms with van der Waals surface area (Å²) < 4.78 is 0. The molecule has 0 spiro atoms. The Kier molecular flexibility index (Phi) is 3.33. The van der Waals surface area contributed by atoms with Gasteiger partial charge in [-0.15, -0.1) is 11.3 Å². The number of amides is 1. The summed E-state index contributed by atoms with van der Waals surface area (Å²) in [6, 6.07) is 8.47. The number of carbonyl (C=O) groups is 1. The predicted molar refractivity (Wildman–Crippen MR) is 76.2 cm³/mol. The molecule has 94 valence electrons. The van der Waals surface area contributed by atoms with Crippen LogP contribution in [0, 0.1) is 0 Å². The Hall–Kier alpha value is -1.35. The fourth-order valence-electron chi connectivity index (χ4n) is 2.67. The molecular formula is C15H17NOS. The number of rotatable bonds is 2. The molecule has 1 N–H and O–H groups in total. The smallest absolute Gasteiger partial charge is 0.262 e. The summed E-state index contributed by atoms with van der Waals surface area (Å²) in [5.74, 6) is 0.105. The van der Waals surface area contributed by atoms with E-state index >= 15 is 0 Å². The van der Waals surface area contributed by atoms with Crippen LogP contribution in [-0.4, -0.2) is 11.9 Å². The molecule has 1 aliphatic carbocycles. The first-order valence-corrected chi connectivity index (χ1v) is 7.49. The van der Waals surface area contributed by atoms with E-state index < -0.39 is 0 Å². The van der Waals surface area contributed by atoms with Crippen molar-refractivity contribution in [1.82, 2.24) is 5.32 Å². The van der Waals surface area contributed by atoms with E-state index in [1.54, 1.807) is 11.3 Å². The van der Waals surface area contributed by atoms with Crippen LogP contribution in [0.25, 0.3) is 10.8 Å². The average molecular weight is 259 g/mol. The van der Waals surface area contributed by atoms with E-state index in [0.717, 1.165) is 28.5 Å². The Morgan fingerprint density at radius 3 is 2.78 bits per heavy atom. The third-order valence-corrected chi connectivity index (χ3v) is 4.67. The van der Waals surface area contributed by atoms with Gasteiger partial charge in [0.25, 0.3) is 5.91 Å². The Bertz CT molecular complexity index is 554. The lowest BCUT2D eigenvalue weighted by molar-refractivity contribution is 0.0933. The number of benzene rings is 1. The van der Waals surface area contributed by atoms with E-state index in [1.165, 1.54) is 19.3 Å². The minimum Gasteiger partial charge on any atom is -0.349 e. The number of hydrogen-bond acceptors (Lipinski definition) is 2. The lowest BCUT2D eigenvalue weighted by Gasteiger charge is -2.22. The highest BCUT2D eigenvalue weighted by atomic mass is 32.1. The van der Waals surface area contributed by atoms with Crippen molar-refractivity contribution >= 4 is 28.0 Å². The van der Waals surface area contributed by atoms with Crippen LogP contribution in [-0.2, 0) is 0 Å². The summed E-state index contributed by atoms with van der Waals surface area (Å²) in [6.45, 7) is 0. The van der Waals surface area contributed by atoms with Gasteiger partial charge in [-0.25, -0.2) is 0 Å². The fourth-order valence-corrected chi connectivity index (χ4v) is 3.60. The number of thiophene rings is 1. The lowest BCUT2D eigenvalue weighted by atomic mass is 9.95. The lowest BCUT2D eigenvalue weighted by Crippen LogP contribution is -2.35. The zero-order valence-electron chi connectivity index (χ0n) is 10.3. The molecule has 1 amide bonds. The van der Waals surface area contributed by atoms with Gasteiger partial charge in [-0.2, -0.15) is 0 Å². The topological polar surface area (TPSA) is 29.1 Å². The molecule has 1 fully saturated rings. The van der Waals surface area contributed by atoms with Gasteiger partial charge in [0.05, 0.1) is 4.88 Å². The van der Waals surface area contributed by atoms with Gasteiger partial charge in [0, 0.05) is 11.4 Å². The molecule has 1 heterocycles. The predicted octanol–water partition coefficient (Wildman–Crippen LogP) is 3.96. The van der Waals surface area contributed by atoms with Crippen molar-refractivity contribution in [2.45, 2.75) is 38.1 Å². The zero-order valence-corrected chi connectivity index (χ0v) is 11.1. The molecule has 0 atom stereocenters. The molecular weight excluding hydrogens is 242 g/mol. The van der Waals surface area contributed by atoms with Crippen molar-refractivity contribution in [3.63, 3.8) is 0 Å². The molecule has 0 radical (unpaired) electrons. The van der Waals surface area contributed by atoms with Crippen LogP contribution in [0.3, 0.4) is 0 Å². The van der Waals surface area contributed by atoms with Crippen molar-refractivity contribution in [3.8, 4) is 0 Å². The maximum atomic E-state index is 12.3. The van der Waals surface area contributed by atoms with Gasteiger partial charge in [-0.3, -0.25) is 4.79 Å². The maximum Gasteiger partial charge on any atom is 0.262 e. The fraction of sp³-hybridized carbons (Fsp3) is 0.400. The first-order valence-electron chi connectivity index (χ1n) is 6.62. The second kappa shape index (κ2) is 5.11. The van der Waals surface area contributed by atoms with Crippen molar-refractivity contribution < 1.29 is 4.79 Å². The van der Waals surface area contributed by atoms with Gasteiger partial charge >= 0.3 is 0 Å². The summed E-state index contributed by atoms with van der Waals surface area (Å²) in [5, 5.41) is 7.49. The molecule has 1 aromatic heterocycles. The van der Waals surface area contributed by atoms with Gasteiger partial charge in [-0.1, -0.05) is 43.5 Å². The summed E-state index contributed by atoms with van der Waals surface area (Å²) >= 11 is 1.55. The molecule has 0 saturated heterocycles. The summed E-state index contributed by atoms with van der Waals surface area (Å²) in [7, 11) is 0. The van der Waals surface area contributed by atoms with Gasteiger partial charge < -0.3 is 5.32 Å². The molecule has 3 heteroatoms. The van der Waals surface area contributed by atoms with Crippen molar-refractivity contribution in [1.29, 1.82) is 0 Å². The van der Waals surface area contributed by atoms with Crippen LogP contribution in [0.4, 0.5) is 0 Å². The highest BCUT2D eigenvalue weighted by Crippen LogP contribution is 2.26. The molecule has 0 unspecified atom stereocenters. The highest BCUT2D eigenvalue weighted by Gasteiger charge is 2.18. The first-order chi connectivity index (χ1) is 8.84. The molecule has 1 saturated carbocycles. The van der Waals surface area contributed by atoms with E-state index in [1.807, 2.05) is 18.2 Å². The van der Waals surface area contributed by atoms with Gasteiger partial charge in [0.1, 0.15) is 0 Å². The monoisotopic (exact) mass is 259 g/mol. The number of fused-ring (bicyclic) bond motifs is 1. The second-order valence-corrected chi connectivity index (χ2v) is 5.84. The minimum absolute atomic E-state index is 0.105. The third-order valence-electron chi connectivity index (χ3n) is 3.66. The molecule has 1 aliphatic rings. The van der Waals surface area contributed by atoms with E-state index in [2.05, 4.69) is 16.8 Å². The zero-order chi connectivity index (χ0) is 12.4. The Labute approximate surface area is 111 Å². The second-order valence-electron chi connectivity index (χ2n) is 4.96. The van der Waals surface area contributed by atoms with E-state index in [0.29, 0.717) is 6.04 Å². The minimum atomic E-state index is 0.105.